The molecule has 9 heavy (non-hydrogen) atoms. The molecule has 2 atom stereocenters. The highest BCUT2D eigenvalue weighted by Gasteiger charge is 2.44. The SMILES string of the molecule is O=CNC1SC1C(=O)O. The first-order chi connectivity index (χ1) is 4.25. The van der Waals surface area contributed by atoms with E-state index in [0.29, 0.717) is 6.41 Å². The van der Waals surface area contributed by atoms with E-state index in [0.717, 1.165) is 0 Å². The van der Waals surface area contributed by atoms with Crippen LogP contribution in [0.25, 0.3) is 0 Å². The maximum absolute atomic E-state index is 10.1. The number of hydrogen-bond acceptors (Lipinski definition) is 3. The molecule has 0 aliphatic carbocycles. The molecule has 0 aromatic carbocycles. The zero-order chi connectivity index (χ0) is 6.85. The van der Waals surface area contributed by atoms with Gasteiger partial charge in [-0.2, -0.15) is 0 Å². The van der Waals surface area contributed by atoms with Crippen LogP contribution < -0.4 is 5.32 Å². The fourth-order valence-electron chi connectivity index (χ4n) is 0.494. The van der Waals surface area contributed by atoms with Gasteiger partial charge in [-0.05, 0) is 0 Å². The minimum Gasteiger partial charge on any atom is -0.480 e. The molecule has 0 aromatic rings. The second-order valence-corrected chi connectivity index (χ2v) is 2.89. The fourth-order valence-corrected chi connectivity index (χ4v) is 1.16. The number of thioether (sulfide) groups is 1. The number of amides is 1. The lowest BCUT2D eigenvalue weighted by Gasteiger charge is -1.86. The van der Waals surface area contributed by atoms with E-state index in [1.54, 1.807) is 0 Å². The minimum atomic E-state index is -0.862. The van der Waals surface area contributed by atoms with Gasteiger partial charge in [-0.1, -0.05) is 0 Å². The Kier molecular flexibility index (Phi) is 1.61. The van der Waals surface area contributed by atoms with Crippen molar-refractivity contribution < 1.29 is 14.7 Å². The third-order valence-electron chi connectivity index (χ3n) is 0.967. The molecule has 5 heteroatoms. The Balaban J connectivity index is 2.24. The summed E-state index contributed by atoms with van der Waals surface area (Å²) in [5, 5.41) is 10.0. The zero-order valence-corrected chi connectivity index (χ0v) is 5.22. The normalized spacial score (nSPS) is 31.1. The Morgan fingerprint density at radius 1 is 1.78 bits per heavy atom. The van der Waals surface area contributed by atoms with Gasteiger partial charge in [0.2, 0.25) is 6.41 Å². The lowest BCUT2D eigenvalue weighted by molar-refractivity contribution is -0.135. The van der Waals surface area contributed by atoms with Gasteiger partial charge in [0.25, 0.3) is 0 Å². The first-order valence-corrected chi connectivity index (χ1v) is 3.28. The maximum Gasteiger partial charge on any atom is 0.319 e. The van der Waals surface area contributed by atoms with E-state index in [1.165, 1.54) is 11.8 Å². The average molecular weight is 147 g/mol. The summed E-state index contributed by atoms with van der Waals surface area (Å²) in [7, 11) is 0. The van der Waals surface area contributed by atoms with Crippen molar-refractivity contribution in [3.63, 3.8) is 0 Å². The molecule has 1 saturated heterocycles. The number of carbonyl (C=O) groups is 2. The lowest BCUT2D eigenvalue weighted by atomic mass is 10.4. The molecule has 50 valence electrons. The number of aliphatic carboxylic acids is 1. The van der Waals surface area contributed by atoms with Gasteiger partial charge in [-0.15, -0.1) is 11.8 Å². The van der Waals surface area contributed by atoms with Crippen LogP contribution in [0.15, 0.2) is 0 Å². The highest BCUT2D eigenvalue weighted by atomic mass is 32.2. The highest BCUT2D eigenvalue weighted by Crippen LogP contribution is 2.38. The van der Waals surface area contributed by atoms with Crippen LogP contribution in [0.3, 0.4) is 0 Å². The van der Waals surface area contributed by atoms with Crippen LogP contribution >= 0.6 is 11.8 Å². The minimum absolute atomic E-state index is 0.194. The molecule has 4 nitrogen and oxygen atoms in total. The summed E-state index contributed by atoms with van der Waals surface area (Å²) in [6.07, 6.45) is 0.514. The molecule has 1 aliphatic rings. The van der Waals surface area contributed by atoms with E-state index >= 15 is 0 Å². The van der Waals surface area contributed by atoms with Gasteiger partial charge in [-0.3, -0.25) is 9.59 Å². The Morgan fingerprint density at radius 3 is 2.78 bits per heavy atom. The fraction of sp³-hybridized carbons (Fsp3) is 0.500. The van der Waals surface area contributed by atoms with Crippen molar-refractivity contribution >= 4 is 24.1 Å². The molecule has 1 rings (SSSR count). The van der Waals surface area contributed by atoms with Gasteiger partial charge in [0.15, 0.2) is 0 Å². The van der Waals surface area contributed by atoms with Gasteiger partial charge in [0.05, 0.1) is 5.37 Å². The second-order valence-electron chi connectivity index (χ2n) is 1.60. The molecule has 0 aromatic heterocycles. The van der Waals surface area contributed by atoms with Gasteiger partial charge < -0.3 is 10.4 Å². The predicted molar refractivity (Wildman–Crippen MR) is 32.0 cm³/mol. The topological polar surface area (TPSA) is 66.4 Å². The summed E-state index contributed by atoms with van der Waals surface area (Å²) in [5.74, 6) is -0.862. The summed E-state index contributed by atoms with van der Waals surface area (Å²) in [5.41, 5.74) is 0. The number of carboxylic acid groups (broad SMARTS) is 1. The molecular weight excluding hydrogens is 142 g/mol. The van der Waals surface area contributed by atoms with Crippen LogP contribution in [-0.2, 0) is 9.59 Å². The molecule has 1 fully saturated rings. The summed E-state index contributed by atoms with van der Waals surface area (Å²) in [6, 6.07) is 0. The monoisotopic (exact) mass is 147 g/mol. The van der Waals surface area contributed by atoms with Crippen molar-refractivity contribution in [3.8, 4) is 0 Å². The van der Waals surface area contributed by atoms with Crippen LogP contribution in [0.5, 0.6) is 0 Å². The summed E-state index contributed by atoms with van der Waals surface area (Å²) in [6.45, 7) is 0. The van der Waals surface area contributed by atoms with Crippen LogP contribution in [0, 0.1) is 0 Å². The quantitative estimate of drug-likeness (QED) is 0.407. The summed E-state index contributed by atoms with van der Waals surface area (Å²) in [4.78, 5) is 19.8. The van der Waals surface area contributed by atoms with Crippen LogP contribution in [0.1, 0.15) is 0 Å². The van der Waals surface area contributed by atoms with Crippen molar-refractivity contribution in [3.05, 3.63) is 0 Å². The van der Waals surface area contributed by atoms with Gasteiger partial charge in [0, 0.05) is 0 Å². The van der Waals surface area contributed by atoms with Crippen molar-refractivity contribution in [1.29, 1.82) is 0 Å². The van der Waals surface area contributed by atoms with Crippen molar-refractivity contribution in [2.45, 2.75) is 10.6 Å². The lowest BCUT2D eigenvalue weighted by Crippen LogP contribution is -2.20. The molecule has 0 saturated carbocycles. The van der Waals surface area contributed by atoms with E-state index in [9.17, 15) is 9.59 Å². The Bertz CT molecular complexity index is 149. The Morgan fingerprint density at radius 2 is 2.44 bits per heavy atom. The summed E-state index contributed by atoms with van der Waals surface area (Å²) >= 11 is 1.23. The molecule has 1 heterocycles. The first kappa shape index (κ1) is 6.41. The standard InChI is InChI=1S/C4H5NO3S/c6-1-5-3-2(9-3)4(7)8/h1-3H,(H,5,6)(H,7,8). The molecule has 1 aliphatic heterocycles. The molecule has 2 unspecified atom stereocenters. The zero-order valence-electron chi connectivity index (χ0n) is 4.40. The van der Waals surface area contributed by atoms with Gasteiger partial charge in [-0.25, -0.2) is 0 Å². The van der Waals surface area contributed by atoms with Crippen molar-refractivity contribution in [1.82, 2.24) is 5.32 Å². The number of nitrogens with one attached hydrogen (secondary N) is 1. The number of carboxylic acids is 1. The first-order valence-electron chi connectivity index (χ1n) is 2.33. The molecule has 0 radical (unpaired) electrons. The van der Waals surface area contributed by atoms with E-state index in [4.69, 9.17) is 5.11 Å². The van der Waals surface area contributed by atoms with Crippen LogP contribution in [-0.4, -0.2) is 28.1 Å². The van der Waals surface area contributed by atoms with E-state index in [2.05, 4.69) is 5.32 Å². The Hall–Kier alpha value is -0.710. The predicted octanol–water partition coefficient (Wildman–Crippen LogP) is -0.742. The number of hydrogen-bond donors (Lipinski definition) is 2. The van der Waals surface area contributed by atoms with Crippen molar-refractivity contribution in [2.75, 3.05) is 0 Å². The second kappa shape index (κ2) is 2.26. The van der Waals surface area contributed by atoms with Crippen LogP contribution in [0.2, 0.25) is 0 Å². The molecular formula is C4H5NO3S. The van der Waals surface area contributed by atoms with Crippen LogP contribution in [0.4, 0.5) is 0 Å². The highest BCUT2D eigenvalue weighted by molar-refractivity contribution is 8.08. The molecule has 0 spiro atoms. The largest absolute Gasteiger partial charge is 0.480 e. The van der Waals surface area contributed by atoms with Crippen molar-refractivity contribution in [2.24, 2.45) is 0 Å². The van der Waals surface area contributed by atoms with Gasteiger partial charge in [0.1, 0.15) is 5.25 Å². The number of rotatable bonds is 3. The van der Waals surface area contributed by atoms with E-state index in [1.807, 2.05) is 0 Å². The Labute approximate surface area is 55.6 Å². The molecule has 1 amide bonds. The van der Waals surface area contributed by atoms with Gasteiger partial charge >= 0.3 is 5.97 Å². The number of carbonyl (C=O) groups excluding carboxylic acids is 1. The maximum atomic E-state index is 10.1. The average Bonchev–Trinajstić information content (AvgIpc) is 2.47. The summed E-state index contributed by atoms with van der Waals surface area (Å²) < 4.78 is 0. The smallest absolute Gasteiger partial charge is 0.319 e. The third-order valence-corrected chi connectivity index (χ3v) is 2.12. The van der Waals surface area contributed by atoms with E-state index < -0.39 is 11.2 Å². The third kappa shape index (κ3) is 1.35. The molecule has 0 bridgehead atoms. The van der Waals surface area contributed by atoms with E-state index in [-0.39, 0.29) is 5.37 Å². The molecule has 2 N–H and O–H groups in total.